The van der Waals surface area contributed by atoms with E-state index in [1.807, 2.05) is 55.5 Å². The van der Waals surface area contributed by atoms with Crippen LogP contribution in [-0.4, -0.2) is 12.5 Å². The number of carbonyl (C=O) groups is 1. The monoisotopic (exact) mass is 378 g/mol. The number of hydrogen-bond donors (Lipinski definition) is 1. The first-order valence-corrected chi connectivity index (χ1v) is 9.63. The number of nitrogens with zero attached hydrogens (tertiary/aromatic N) is 1. The maximum absolute atomic E-state index is 13.1. The lowest BCUT2D eigenvalue weighted by Crippen LogP contribution is -2.37. The van der Waals surface area contributed by atoms with Crippen LogP contribution < -0.4 is 10.2 Å². The lowest BCUT2D eigenvalue weighted by Gasteiger charge is -2.31. The van der Waals surface area contributed by atoms with Crippen molar-refractivity contribution in [1.29, 1.82) is 0 Å². The van der Waals surface area contributed by atoms with E-state index in [4.69, 9.17) is 0 Å². The summed E-state index contributed by atoms with van der Waals surface area (Å²) in [5, 5.41) is 3.26. The lowest BCUT2D eigenvalue weighted by atomic mass is 10.1. The Hall–Kier alpha value is -2.63. The van der Waals surface area contributed by atoms with Gasteiger partial charge < -0.3 is 5.32 Å². The minimum absolute atomic E-state index is 0.0239. The highest BCUT2D eigenvalue weighted by Gasteiger charge is 2.27. The molecule has 0 radical (unpaired) electrons. The van der Waals surface area contributed by atoms with Gasteiger partial charge in [0, 0.05) is 15.8 Å². The first-order chi connectivity index (χ1) is 13.1. The topological polar surface area (TPSA) is 32.3 Å². The van der Waals surface area contributed by atoms with Crippen LogP contribution in [0.2, 0.25) is 0 Å². The summed E-state index contributed by atoms with van der Waals surface area (Å²) >= 11 is 1.68. The minimum Gasteiger partial charge on any atom is -0.302 e. The normalized spacial score (nSPS) is 13.6. The molecule has 1 aliphatic heterocycles. The van der Waals surface area contributed by atoms with Gasteiger partial charge in [-0.1, -0.05) is 48.2 Å². The van der Waals surface area contributed by atoms with Gasteiger partial charge in [0.25, 0.3) is 0 Å². The SMILES string of the molecule is C[C@@H](NCC(=O)N1c2ccccc2Sc2ccccc21)c1ccc(F)cc1. The van der Waals surface area contributed by atoms with E-state index in [0.29, 0.717) is 0 Å². The molecule has 1 amide bonds. The van der Waals surface area contributed by atoms with Crippen LogP contribution in [0.25, 0.3) is 0 Å². The molecule has 0 spiro atoms. The minimum atomic E-state index is -0.263. The fraction of sp³-hybridized carbons (Fsp3) is 0.136. The molecule has 5 heteroatoms. The second-order valence-corrected chi connectivity index (χ2v) is 7.50. The van der Waals surface area contributed by atoms with Crippen LogP contribution in [0.5, 0.6) is 0 Å². The Morgan fingerprint density at radius 2 is 1.52 bits per heavy atom. The van der Waals surface area contributed by atoms with Crippen molar-refractivity contribution < 1.29 is 9.18 Å². The standard InChI is InChI=1S/C22H19FN2OS/c1-15(16-10-12-17(23)13-11-16)24-14-22(26)25-18-6-2-4-8-20(18)27-21-9-5-3-7-19(21)25/h2-13,15,24H,14H2,1H3/t15-/m1/s1. The average Bonchev–Trinajstić information content (AvgIpc) is 2.70. The average molecular weight is 378 g/mol. The molecule has 3 aromatic carbocycles. The first-order valence-electron chi connectivity index (χ1n) is 8.81. The molecule has 0 aliphatic carbocycles. The van der Waals surface area contributed by atoms with Crippen LogP contribution in [0.3, 0.4) is 0 Å². The third kappa shape index (κ3) is 3.61. The molecule has 0 bridgehead atoms. The maximum atomic E-state index is 13.1. The van der Waals surface area contributed by atoms with E-state index in [1.165, 1.54) is 12.1 Å². The van der Waals surface area contributed by atoms with Crippen molar-refractivity contribution in [3.63, 3.8) is 0 Å². The molecular weight excluding hydrogens is 359 g/mol. The summed E-state index contributed by atoms with van der Waals surface area (Å²) in [7, 11) is 0. The van der Waals surface area contributed by atoms with Crippen molar-refractivity contribution in [2.45, 2.75) is 22.8 Å². The van der Waals surface area contributed by atoms with E-state index >= 15 is 0 Å². The molecule has 4 rings (SSSR count). The van der Waals surface area contributed by atoms with Gasteiger partial charge in [-0.2, -0.15) is 0 Å². The molecule has 1 heterocycles. The van der Waals surface area contributed by atoms with Crippen molar-refractivity contribution >= 4 is 29.0 Å². The van der Waals surface area contributed by atoms with Crippen molar-refractivity contribution in [2.75, 3.05) is 11.4 Å². The fourth-order valence-corrected chi connectivity index (χ4v) is 4.22. The Balaban J connectivity index is 1.56. The highest BCUT2D eigenvalue weighted by molar-refractivity contribution is 7.99. The number of halogens is 1. The van der Waals surface area contributed by atoms with Crippen molar-refractivity contribution in [3.8, 4) is 0 Å². The van der Waals surface area contributed by atoms with Crippen LogP contribution >= 0.6 is 11.8 Å². The molecule has 0 saturated heterocycles. The number of benzene rings is 3. The van der Waals surface area contributed by atoms with Gasteiger partial charge in [-0.3, -0.25) is 9.69 Å². The molecule has 3 aromatic rings. The van der Waals surface area contributed by atoms with Crippen molar-refractivity contribution in [1.82, 2.24) is 5.32 Å². The Morgan fingerprint density at radius 3 is 2.11 bits per heavy atom. The van der Waals surface area contributed by atoms with Gasteiger partial charge in [-0.15, -0.1) is 0 Å². The van der Waals surface area contributed by atoms with Gasteiger partial charge in [0.1, 0.15) is 5.82 Å². The predicted octanol–water partition coefficient (Wildman–Crippen LogP) is 5.31. The quantitative estimate of drug-likeness (QED) is 0.668. The Labute approximate surface area is 162 Å². The Bertz CT molecular complexity index is 929. The fourth-order valence-electron chi connectivity index (χ4n) is 3.16. The van der Waals surface area contributed by atoms with Gasteiger partial charge in [0.15, 0.2) is 0 Å². The molecular formula is C22H19FN2OS. The lowest BCUT2D eigenvalue weighted by molar-refractivity contribution is -0.117. The molecule has 27 heavy (non-hydrogen) atoms. The summed E-state index contributed by atoms with van der Waals surface area (Å²) in [6.07, 6.45) is 0. The zero-order valence-electron chi connectivity index (χ0n) is 14.9. The van der Waals surface area contributed by atoms with Gasteiger partial charge in [-0.05, 0) is 48.9 Å². The zero-order chi connectivity index (χ0) is 18.8. The van der Waals surface area contributed by atoms with Gasteiger partial charge in [0.2, 0.25) is 5.91 Å². The number of amides is 1. The molecule has 3 nitrogen and oxygen atoms in total. The van der Waals surface area contributed by atoms with Gasteiger partial charge >= 0.3 is 0 Å². The molecule has 1 atom stereocenters. The molecule has 1 aliphatic rings. The van der Waals surface area contributed by atoms with E-state index in [2.05, 4.69) is 5.32 Å². The summed E-state index contributed by atoms with van der Waals surface area (Å²) in [6, 6.07) is 22.2. The predicted molar refractivity (Wildman–Crippen MR) is 107 cm³/mol. The molecule has 0 unspecified atom stereocenters. The summed E-state index contributed by atoms with van der Waals surface area (Å²) in [5.41, 5.74) is 2.75. The highest BCUT2D eigenvalue weighted by Crippen LogP contribution is 2.47. The molecule has 0 saturated carbocycles. The maximum Gasteiger partial charge on any atom is 0.245 e. The van der Waals surface area contributed by atoms with Crippen LogP contribution in [-0.2, 0) is 4.79 Å². The Kier molecular flexibility index (Phi) is 4.97. The smallest absolute Gasteiger partial charge is 0.245 e. The zero-order valence-corrected chi connectivity index (χ0v) is 15.7. The van der Waals surface area contributed by atoms with Gasteiger partial charge in [0.05, 0.1) is 17.9 Å². The molecule has 0 fully saturated rings. The summed E-state index contributed by atoms with van der Waals surface area (Å²) < 4.78 is 13.1. The number of rotatable bonds is 4. The third-order valence-corrected chi connectivity index (χ3v) is 5.74. The molecule has 0 aromatic heterocycles. The second-order valence-electron chi connectivity index (χ2n) is 6.42. The molecule has 1 N–H and O–H groups in total. The van der Waals surface area contributed by atoms with E-state index < -0.39 is 0 Å². The number of nitrogens with one attached hydrogen (secondary N) is 1. The largest absolute Gasteiger partial charge is 0.302 e. The Morgan fingerprint density at radius 1 is 0.963 bits per heavy atom. The van der Waals surface area contributed by atoms with Gasteiger partial charge in [-0.25, -0.2) is 4.39 Å². The van der Waals surface area contributed by atoms with E-state index in [0.717, 1.165) is 26.7 Å². The summed E-state index contributed by atoms with van der Waals surface area (Å²) in [4.78, 5) is 17.0. The number of fused-ring (bicyclic) bond motifs is 2. The number of para-hydroxylation sites is 2. The highest BCUT2D eigenvalue weighted by atomic mass is 32.2. The second kappa shape index (κ2) is 7.55. The van der Waals surface area contributed by atoms with E-state index in [1.54, 1.807) is 28.8 Å². The van der Waals surface area contributed by atoms with E-state index in [-0.39, 0.29) is 24.3 Å². The summed E-state index contributed by atoms with van der Waals surface area (Å²) in [5.74, 6) is -0.287. The first kappa shape index (κ1) is 17.8. The summed E-state index contributed by atoms with van der Waals surface area (Å²) in [6.45, 7) is 2.15. The number of hydrogen-bond acceptors (Lipinski definition) is 3. The van der Waals surface area contributed by atoms with Crippen LogP contribution in [0.4, 0.5) is 15.8 Å². The van der Waals surface area contributed by atoms with Crippen LogP contribution in [0.1, 0.15) is 18.5 Å². The third-order valence-electron chi connectivity index (χ3n) is 4.61. The number of carbonyl (C=O) groups excluding carboxylic acids is 1. The van der Waals surface area contributed by atoms with Crippen LogP contribution in [0.15, 0.2) is 82.6 Å². The molecule has 136 valence electrons. The number of anilines is 2. The van der Waals surface area contributed by atoms with Crippen LogP contribution in [0, 0.1) is 5.82 Å². The van der Waals surface area contributed by atoms with Crippen molar-refractivity contribution in [3.05, 3.63) is 84.2 Å². The van der Waals surface area contributed by atoms with E-state index in [9.17, 15) is 9.18 Å². The van der Waals surface area contributed by atoms with Crippen molar-refractivity contribution in [2.24, 2.45) is 0 Å².